The number of hydrogen-bond acceptors (Lipinski definition) is 6. The molecule has 1 aromatic heterocycles. The predicted octanol–water partition coefficient (Wildman–Crippen LogP) is 5.43. The third-order valence-corrected chi connectivity index (χ3v) is 6.06. The average Bonchev–Trinajstić information content (AvgIpc) is 3.26. The van der Waals surface area contributed by atoms with Gasteiger partial charge in [0.05, 0.1) is 16.5 Å². The van der Waals surface area contributed by atoms with Crippen molar-refractivity contribution in [3.63, 3.8) is 0 Å². The number of rotatable bonds is 9. The predicted molar refractivity (Wildman–Crippen MR) is 133 cm³/mol. The standard InChI is InChI=1S/C25H21ClN4O3S/c1-17(31)19-11-5-7-13-21(19)27-24(32)16-34-25-29-28-23(30(25)18-9-3-2-4-10-18)15-33-22-14-8-6-12-20(22)26/h2-14H,15-16H2,1H3,(H,27,32). The lowest BCUT2D eigenvalue weighted by atomic mass is 10.1. The average molecular weight is 493 g/mol. The first-order valence-corrected chi connectivity index (χ1v) is 11.8. The second-order valence-corrected chi connectivity index (χ2v) is 8.58. The molecular formula is C25H21ClN4O3S. The SMILES string of the molecule is CC(=O)c1ccccc1NC(=O)CSc1nnc(COc2ccccc2Cl)n1-c1ccccc1. The maximum atomic E-state index is 12.6. The fourth-order valence-electron chi connectivity index (χ4n) is 3.24. The molecular weight excluding hydrogens is 472 g/mol. The molecule has 1 N–H and O–H groups in total. The Labute approximate surface area is 206 Å². The molecule has 0 aliphatic rings. The molecule has 1 heterocycles. The van der Waals surface area contributed by atoms with Crippen molar-refractivity contribution in [1.82, 2.24) is 14.8 Å². The van der Waals surface area contributed by atoms with Gasteiger partial charge in [-0.2, -0.15) is 0 Å². The van der Waals surface area contributed by atoms with Crippen LogP contribution in [0.25, 0.3) is 5.69 Å². The number of hydrogen-bond donors (Lipinski definition) is 1. The Hall–Kier alpha value is -3.62. The lowest BCUT2D eigenvalue weighted by molar-refractivity contribution is -0.113. The molecule has 34 heavy (non-hydrogen) atoms. The van der Waals surface area contributed by atoms with E-state index in [2.05, 4.69) is 15.5 Å². The summed E-state index contributed by atoms with van der Waals surface area (Å²) in [5.41, 5.74) is 1.79. The number of halogens is 1. The van der Waals surface area contributed by atoms with E-state index in [-0.39, 0.29) is 24.1 Å². The van der Waals surface area contributed by atoms with Gasteiger partial charge in [-0.3, -0.25) is 14.2 Å². The van der Waals surface area contributed by atoms with Crippen LogP contribution in [-0.2, 0) is 11.4 Å². The van der Waals surface area contributed by atoms with E-state index >= 15 is 0 Å². The number of ketones is 1. The van der Waals surface area contributed by atoms with Crippen LogP contribution < -0.4 is 10.1 Å². The van der Waals surface area contributed by atoms with Crippen molar-refractivity contribution in [2.45, 2.75) is 18.7 Å². The fraction of sp³-hybridized carbons (Fsp3) is 0.120. The first-order valence-electron chi connectivity index (χ1n) is 10.4. The number of carbonyl (C=O) groups excluding carboxylic acids is 2. The van der Waals surface area contributed by atoms with Gasteiger partial charge in [0, 0.05) is 11.3 Å². The van der Waals surface area contributed by atoms with Crippen molar-refractivity contribution < 1.29 is 14.3 Å². The molecule has 3 aromatic carbocycles. The minimum Gasteiger partial charge on any atom is -0.484 e. The normalized spacial score (nSPS) is 10.6. The zero-order valence-corrected chi connectivity index (χ0v) is 19.8. The van der Waals surface area contributed by atoms with E-state index in [1.54, 1.807) is 36.4 Å². The van der Waals surface area contributed by atoms with Crippen molar-refractivity contribution in [2.75, 3.05) is 11.1 Å². The van der Waals surface area contributed by atoms with Crippen molar-refractivity contribution in [3.05, 3.63) is 95.3 Å². The molecule has 0 fully saturated rings. The van der Waals surface area contributed by atoms with Crippen LogP contribution >= 0.6 is 23.4 Å². The molecule has 0 saturated carbocycles. The first kappa shape index (κ1) is 23.5. The molecule has 4 aromatic rings. The largest absolute Gasteiger partial charge is 0.484 e. The summed E-state index contributed by atoms with van der Waals surface area (Å²) in [6.07, 6.45) is 0. The second kappa shape index (κ2) is 11.0. The molecule has 0 aliphatic carbocycles. The zero-order valence-electron chi connectivity index (χ0n) is 18.3. The van der Waals surface area contributed by atoms with Gasteiger partial charge in [-0.05, 0) is 43.3 Å². The van der Waals surface area contributed by atoms with Crippen LogP contribution in [0.3, 0.4) is 0 Å². The van der Waals surface area contributed by atoms with Crippen LogP contribution in [0.4, 0.5) is 5.69 Å². The number of Topliss-reactive ketones (excluding diaryl/α,β-unsaturated/α-hetero) is 1. The van der Waals surface area contributed by atoms with Crippen molar-refractivity contribution in [3.8, 4) is 11.4 Å². The van der Waals surface area contributed by atoms with Crippen molar-refractivity contribution in [2.24, 2.45) is 0 Å². The highest BCUT2D eigenvalue weighted by Crippen LogP contribution is 2.26. The van der Waals surface area contributed by atoms with E-state index in [9.17, 15) is 9.59 Å². The molecule has 0 aliphatic heterocycles. The minimum absolute atomic E-state index is 0.0859. The number of nitrogens with one attached hydrogen (secondary N) is 1. The van der Waals surface area contributed by atoms with Crippen LogP contribution in [0, 0.1) is 0 Å². The van der Waals surface area contributed by atoms with E-state index in [4.69, 9.17) is 16.3 Å². The van der Waals surface area contributed by atoms with Crippen LogP contribution in [0.15, 0.2) is 84.0 Å². The molecule has 9 heteroatoms. The Balaban J connectivity index is 1.51. The summed E-state index contributed by atoms with van der Waals surface area (Å²) in [4.78, 5) is 24.4. The monoisotopic (exact) mass is 492 g/mol. The van der Waals surface area contributed by atoms with Gasteiger partial charge in [0.2, 0.25) is 5.91 Å². The Morgan fingerprint density at radius 1 is 0.971 bits per heavy atom. The van der Waals surface area contributed by atoms with Gasteiger partial charge in [-0.15, -0.1) is 10.2 Å². The van der Waals surface area contributed by atoms with Gasteiger partial charge in [0.25, 0.3) is 0 Å². The highest BCUT2D eigenvalue weighted by atomic mass is 35.5. The Morgan fingerprint density at radius 2 is 1.68 bits per heavy atom. The summed E-state index contributed by atoms with van der Waals surface area (Å²) in [6.45, 7) is 1.61. The quantitative estimate of drug-likeness (QED) is 0.247. The summed E-state index contributed by atoms with van der Waals surface area (Å²) in [5, 5.41) is 12.4. The number of ether oxygens (including phenoxy) is 1. The molecule has 0 radical (unpaired) electrons. The van der Waals surface area contributed by atoms with Crippen LogP contribution in [0.5, 0.6) is 5.75 Å². The summed E-state index contributed by atoms with van der Waals surface area (Å²) < 4.78 is 7.71. The summed E-state index contributed by atoms with van der Waals surface area (Å²) in [6, 6.07) is 23.7. The third kappa shape index (κ3) is 5.65. The summed E-state index contributed by atoms with van der Waals surface area (Å²) >= 11 is 7.44. The summed E-state index contributed by atoms with van der Waals surface area (Å²) in [7, 11) is 0. The van der Waals surface area contributed by atoms with Crippen LogP contribution in [0.1, 0.15) is 23.1 Å². The maximum Gasteiger partial charge on any atom is 0.234 e. The van der Waals surface area contributed by atoms with Crippen molar-refractivity contribution in [1.29, 1.82) is 0 Å². The number of thioether (sulfide) groups is 1. The number of anilines is 1. The molecule has 7 nitrogen and oxygen atoms in total. The lowest BCUT2D eigenvalue weighted by Crippen LogP contribution is -2.16. The minimum atomic E-state index is -0.254. The van der Waals surface area contributed by atoms with Gasteiger partial charge in [0.15, 0.2) is 16.8 Å². The molecule has 4 rings (SSSR count). The highest BCUT2D eigenvalue weighted by Gasteiger charge is 2.17. The van der Waals surface area contributed by atoms with Gasteiger partial charge < -0.3 is 10.1 Å². The molecule has 172 valence electrons. The lowest BCUT2D eigenvalue weighted by Gasteiger charge is -2.12. The molecule has 0 unspecified atom stereocenters. The molecule has 0 atom stereocenters. The Kier molecular flexibility index (Phi) is 7.61. The fourth-order valence-corrected chi connectivity index (χ4v) is 4.20. The smallest absolute Gasteiger partial charge is 0.234 e. The number of carbonyl (C=O) groups is 2. The van der Waals surface area contributed by atoms with E-state index in [1.807, 2.05) is 47.0 Å². The van der Waals surface area contributed by atoms with Crippen molar-refractivity contribution >= 4 is 40.7 Å². The van der Waals surface area contributed by atoms with Gasteiger partial charge in [0.1, 0.15) is 12.4 Å². The molecule has 0 saturated heterocycles. The van der Waals surface area contributed by atoms with Gasteiger partial charge in [-0.25, -0.2) is 0 Å². The first-order chi connectivity index (χ1) is 16.5. The van der Waals surface area contributed by atoms with Crippen LogP contribution in [0.2, 0.25) is 5.02 Å². The molecule has 0 spiro atoms. The summed E-state index contributed by atoms with van der Waals surface area (Å²) in [5.74, 6) is 0.828. The number of nitrogens with zero attached hydrogens (tertiary/aromatic N) is 3. The van der Waals surface area contributed by atoms with E-state index < -0.39 is 0 Å². The molecule has 1 amide bonds. The zero-order chi connectivity index (χ0) is 23.9. The van der Waals surface area contributed by atoms with E-state index in [1.165, 1.54) is 18.7 Å². The maximum absolute atomic E-state index is 12.6. The van der Waals surface area contributed by atoms with Gasteiger partial charge in [-0.1, -0.05) is 65.8 Å². The number of aromatic nitrogens is 3. The highest BCUT2D eigenvalue weighted by molar-refractivity contribution is 7.99. The van der Waals surface area contributed by atoms with E-state index in [0.29, 0.717) is 33.0 Å². The topological polar surface area (TPSA) is 86.1 Å². The Bertz CT molecular complexity index is 1310. The number of para-hydroxylation sites is 3. The number of amides is 1. The second-order valence-electron chi connectivity index (χ2n) is 7.23. The van der Waals surface area contributed by atoms with E-state index in [0.717, 1.165) is 5.69 Å². The number of benzene rings is 3. The van der Waals surface area contributed by atoms with Gasteiger partial charge >= 0.3 is 0 Å². The molecule has 0 bridgehead atoms. The van der Waals surface area contributed by atoms with Crippen LogP contribution in [-0.4, -0.2) is 32.2 Å². The Morgan fingerprint density at radius 3 is 2.44 bits per heavy atom. The third-order valence-electron chi connectivity index (χ3n) is 4.82.